The molecule has 0 saturated heterocycles. The van der Waals surface area contributed by atoms with Crippen LogP contribution in [-0.2, 0) is 38.8 Å². The summed E-state index contributed by atoms with van der Waals surface area (Å²) in [5, 5.41) is 0. The highest BCUT2D eigenvalue weighted by Gasteiger charge is 2.36. The fourth-order valence-corrected chi connectivity index (χ4v) is 11.2. The first-order valence-corrected chi connectivity index (χ1v) is 27.1. The van der Waals surface area contributed by atoms with Crippen LogP contribution in [0, 0.1) is 27.7 Å². The zero-order valence-corrected chi connectivity index (χ0v) is 45.5. The quantitative estimate of drug-likeness (QED) is 0.141. The van der Waals surface area contributed by atoms with Gasteiger partial charge in [0.2, 0.25) is 11.4 Å². The Hall–Kier alpha value is -7.30. The van der Waals surface area contributed by atoms with E-state index in [1.807, 2.05) is 27.7 Å². The van der Waals surface area contributed by atoms with Crippen molar-refractivity contribution in [3.05, 3.63) is 249 Å². The lowest BCUT2D eigenvalue weighted by Crippen LogP contribution is -2.23. The minimum absolute atomic E-state index is 0.910. The maximum Gasteiger partial charge on any atom is 0.209 e. The van der Waals surface area contributed by atoms with E-state index < -0.39 is 0 Å². The number of hydrogen-bond acceptors (Lipinski definition) is 2. The predicted molar refractivity (Wildman–Crippen MR) is 313 cm³/mol. The van der Waals surface area contributed by atoms with Crippen molar-refractivity contribution in [2.24, 2.45) is 0 Å². The summed E-state index contributed by atoms with van der Waals surface area (Å²) < 4.78 is 5.07. The molecule has 0 aromatic heterocycles. The molecule has 4 heterocycles. The van der Waals surface area contributed by atoms with Crippen molar-refractivity contribution in [3.63, 3.8) is 0 Å². The van der Waals surface area contributed by atoms with Gasteiger partial charge in [-0.3, -0.25) is 0 Å². The molecular weight excluding hydrogens is 885 g/mol. The molecule has 12 rings (SSSR count). The van der Waals surface area contributed by atoms with Crippen molar-refractivity contribution in [2.75, 3.05) is 22.9 Å². The number of para-hydroxylation sites is 2. The third kappa shape index (κ3) is 11.8. The highest BCUT2D eigenvalue weighted by atomic mass is 15.1. The molecule has 0 saturated carbocycles. The summed E-state index contributed by atoms with van der Waals surface area (Å²) in [6.07, 6.45) is 5.26. The van der Waals surface area contributed by atoms with Crippen molar-refractivity contribution in [3.8, 4) is 0 Å². The SMILES string of the molecule is CC.CC.CCN1c2ccc(C)cc2Cc2cc(C)ccc21.CC[N+]1=C(CC2=[N+](Cc3ccccc3)c3ccccc3C2)Cc2ccccc21.Cc1ccc2c(c1)Cc1cc(C)ccc1N2Cc1ccccc1. The molecule has 4 heteroatoms. The first-order chi connectivity index (χ1) is 35.7. The van der Waals surface area contributed by atoms with E-state index in [4.69, 9.17) is 0 Å². The molecule has 4 nitrogen and oxygen atoms in total. The van der Waals surface area contributed by atoms with Gasteiger partial charge >= 0.3 is 0 Å². The van der Waals surface area contributed by atoms with E-state index in [0.29, 0.717) is 0 Å². The molecule has 0 radical (unpaired) electrons. The van der Waals surface area contributed by atoms with Gasteiger partial charge in [-0.05, 0) is 93.6 Å². The van der Waals surface area contributed by atoms with Crippen molar-refractivity contribution in [1.29, 1.82) is 0 Å². The zero-order chi connectivity index (χ0) is 51.4. The van der Waals surface area contributed by atoms with E-state index in [9.17, 15) is 0 Å². The highest BCUT2D eigenvalue weighted by Crippen LogP contribution is 2.41. The van der Waals surface area contributed by atoms with Crippen LogP contribution in [0.5, 0.6) is 0 Å². The molecule has 372 valence electrons. The average Bonchev–Trinajstić information content (AvgIpc) is 3.95. The van der Waals surface area contributed by atoms with Crippen LogP contribution < -0.4 is 9.80 Å². The second-order valence-electron chi connectivity index (χ2n) is 19.4. The smallest absolute Gasteiger partial charge is 0.209 e. The predicted octanol–water partition coefficient (Wildman–Crippen LogP) is 17.2. The lowest BCUT2D eigenvalue weighted by atomic mass is 9.93. The highest BCUT2D eigenvalue weighted by molar-refractivity contribution is 6.05. The Kier molecular flexibility index (Phi) is 17.4. The molecule has 8 aromatic carbocycles. The molecular formula is C69H78N4+2. The van der Waals surface area contributed by atoms with Crippen LogP contribution in [0.2, 0.25) is 0 Å². The summed E-state index contributed by atoms with van der Waals surface area (Å²) in [5.41, 5.74) is 28.0. The van der Waals surface area contributed by atoms with Crippen LogP contribution in [0.25, 0.3) is 0 Å². The third-order valence-corrected chi connectivity index (χ3v) is 14.4. The summed E-state index contributed by atoms with van der Waals surface area (Å²) in [7, 11) is 0. The number of anilines is 4. The van der Waals surface area contributed by atoms with Gasteiger partial charge in [-0.15, -0.1) is 0 Å². The van der Waals surface area contributed by atoms with E-state index in [1.165, 1.54) is 112 Å². The molecule has 0 unspecified atom stereocenters. The Balaban J connectivity index is 0.000000144. The number of rotatable bonds is 8. The number of aryl methyl sites for hydroxylation is 4. The van der Waals surface area contributed by atoms with Crippen molar-refractivity contribution < 1.29 is 9.15 Å². The van der Waals surface area contributed by atoms with Crippen LogP contribution in [-0.4, -0.2) is 33.7 Å². The molecule has 0 fully saturated rings. The topological polar surface area (TPSA) is 12.5 Å². The average molecular weight is 963 g/mol. The molecule has 0 spiro atoms. The summed E-state index contributed by atoms with van der Waals surface area (Å²) in [6, 6.07) is 66.5. The van der Waals surface area contributed by atoms with Gasteiger partial charge < -0.3 is 9.80 Å². The zero-order valence-electron chi connectivity index (χ0n) is 45.5. The summed E-state index contributed by atoms with van der Waals surface area (Å²) in [6.45, 7) is 25.1. The standard InChI is InChI=1S/C26H26N2.C22H21N.C17H19N.2C2H6/c1-2-27-23(16-21-12-6-8-14-25(21)27)18-24-17-22-13-7-9-15-26(22)28(24)19-20-10-4-3-5-11-20;1-16-8-10-21-19(12-16)14-20-13-17(2)9-11-22(20)23(21)15-18-6-4-3-5-7-18;1-4-18-16-7-5-12(2)9-14(16)11-15-10-13(3)6-8-17(15)18;2*1-2/h3-15H,2,16-19H2,1H3;3-13H,14-15H2,1-2H3;5-10H,4,11H2,1-3H3;2*1-2H3/q+2;;;;. The second-order valence-corrected chi connectivity index (χ2v) is 19.4. The largest absolute Gasteiger partial charge is 0.341 e. The van der Waals surface area contributed by atoms with Gasteiger partial charge in [0.15, 0.2) is 18.0 Å². The van der Waals surface area contributed by atoms with Crippen LogP contribution in [0.15, 0.2) is 182 Å². The van der Waals surface area contributed by atoms with Gasteiger partial charge in [-0.1, -0.05) is 196 Å². The fraction of sp³-hybridized carbons (Fsp3) is 0.275. The van der Waals surface area contributed by atoms with Crippen LogP contribution in [0.3, 0.4) is 0 Å². The summed E-state index contributed by atoms with van der Waals surface area (Å²) >= 11 is 0. The molecule has 4 aliphatic rings. The van der Waals surface area contributed by atoms with Gasteiger partial charge in [0.25, 0.3) is 0 Å². The molecule has 4 aliphatic heterocycles. The first kappa shape index (κ1) is 52.0. The molecule has 73 heavy (non-hydrogen) atoms. The lowest BCUT2D eigenvalue weighted by Gasteiger charge is -2.34. The second kappa shape index (κ2) is 24.4. The normalized spacial score (nSPS) is 13.2. The lowest BCUT2D eigenvalue weighted by molar-refractivity contribution is -0.457. The molecule has 8 aromatic rings. The van der Waals surface area contributed by atoms with Crippen LogP contribution in [0.1, 0.15) is 115 Å². The Morgan fingerprint density at radius 3 is 1.16 bits per heavy atom. The van der Waals surface area contributed by atoms with Crippen LogP contribution >= 0.6 is 0 Å². The number of benzene rings is 8. The summed E-state index contributed by atoms with van der Waals surface area (Å²) in [5.74, 6) is 0. The molecule has 0 amide bonds. The number of nitrogens with zero attached hydrogens (tertiary/aromatic N) is 4. The monoisotopic (exact) mass is 963 g/mol. The van der Waals surface area contributed by atoms with E-state index in [1.54, 1.807) is 0 Å². The van der Waals surface area contributed by atoms with E-state index in [-0.39, 0.29) is 0 Å². The molecule has 0 atom stereocenters. The van der Waals surface area contributed by atoms with E-state index >= 15 is 0 Å². The van der Waals surface area contributed by atoms with Gasteiger partial charge in [0, 0.05) is 77.5 Å². The van der Waals surface area contributed by atoms with Crippen molar-refractivity contribution in [1.82, 2.24) is 0 Å². The Bertz CT molecular complexity index is 3110. The van der Waals surface area contributed by atoms with Crippen molar-refractivity contribution >= 4 is 45.5 Å². The number of hydrogen-bond donors (Lipinski definition) is 0. The van der Waals surface area contributed by atoms with E-state index in [2.05, 4.69) is 242 Å². The Morgan fingerprint density at radius 1 is 0.370 bits per heavy atom. The third-order valence-electron chi connectivity index (χ3n) is 14.4. The fourth-order valence-electron chi connectivity index (χ4n) is 11.2. The van der Waals surface area contributed by atoms with Gasteiger partial charge in [-0.25, -0.2) is 0 Å². The van der Waals surface area contributed by atoms with Crippen LogP contribution in [0.4, 0.5) is 34.1 Å². The Morgan fingerprint density at radius 2 is 0.740 bits per heavy atom. The maximum absolute atomic E-state index is 2.55. The van der Waals surface area contributed by atoms with Gasteiger partial charge in [-0.2, -0.15) is 9.15 Å². The molecule has 0 aliphatic carbocycles. The molecule has 0 bridgehead atoms. The minimum atomic E-state index is 0.910. The summed E-state index contributed by atoms with van der Waals surface area (Å²) in [4.78, 5) is 4.88. The Labute approximate surface area is 438 Å². The first-order valence-electron chi connectivity index (χ1n) is 27.1. The van der Waals surface area contributed by atoms with Crippen molar-refractivity contribution in [2.45, 2.75) is 114 Å². The minimum Gasteiger partial charge on any atom is -0.341 e. The van der Waals surface area contributed by atoms with E-state index in [0.717, 1.165) is 58.3 Å². The van der Waals surface area contributed by atoms with Gasteiger partial charge in [0.05, 0.1) is 12.8 Å². The van der Waals surface area contributed by atoms with Gasteiger partial charge in [0.1, 0.15) is 13.0 Å². The molecule has 0 N–H and O–H groups in total. The number of fused-ring (bicyclic) bond motifs is 6. The maximum atomic E-state index is 2.55.